The molecule has 1 aromatic carbocycles. The molecule has 0 bridgehead atoms. The molecule has 0 radical (unpaired) electrons. The second kappa shape index (κ2) is 9.63. The van der Waals surface area contributed by atoms with Crippen LogP contribution in [0.3, 0.4) is 0 Å². The molecule has 0 aliphatic carbocycles. The van der Waals surface area contributed by atoms with Gasteiger partial charge < -0.3 is 14.6 Å². The minimum absolute atomic E-state index is 0.0536. The van der Waals surface area contributed by atoms with Gasteiger partial charge in [0.05, 0.1) is 18.2 Å². The van der Waals surface area contributed by atoms with Gasteiger partial charge in [0.1, 0.15) is 11.6 Å². The number of hydrogen-bond acceptors (Lipinski definition) is 5. The minimum Gasteiger partial charge on any atom is -0.507 e. The smallest absolute Gasteiger partial charge is 0.259 e. The number of piperazine rings is 1. The summed E-state index contributed by atoms with van der Waals surface area (Å²) in [7, 11) is 0. The van der Waals surface area contributed by atoms with E-state index in [9.17, 15) is 14.3 Å². The van der Waals surface area contributed by atoms with Gasteiger partial charge in [0.15, 0.2) is 0 Å². The first-order valence-corrected chi connectivity index (χ1v) is 11.0. The lowest BCUT2D eigenvalue weighted by molar-refractivity contribution is 0.111. The number of aryl methyl sites for hydroxylation is 1. The molecule has 3 heterocycles. The van der Waals surface area contributed by atoms with E-state index in [4.69, 9.17) is 0 Å². The molecule has 32 heavy (non-hydrogen) atoms. The molecule has 2 aromatic heterocycles. The molecule has 1 fully saturated rings. The Balaban J connectivity index is 1.82. The summed E-state index contributed by atoms with van der Waals surface area (Å²) in [6, 6.07) is 11.2. The highest BCUT2D eigenvalue weighted by Crippen LogP contribution is 2.33. The van der Waals surface area contributed by atoms with Gasteiger partial charge in [0.25, 0.3) is 5.56 Å². The second-order valence-corrected chi connectivity index (χ2v) is 8.26. The van der Waals surface area contributed by atoms with Crippen LogP contribution in [0.25, 0.3) is 0 Å². The zero-order chi connectivity index (χ0) is 22.7. The van der Waals surface area contributed by atoms with Crippen molar-refractivity contribution in [2.24, 2.45) is 0 Å². The predicted molar refractivity (Wildman–Crippen MR) is 122 cm³/mol. The summed E-state index contributed by atoms with van der Waals surface area (Å²) in [5.74, 6) is -0.413. The summed E-state index contributed by atoms with van der Waals surface area (Å²) in [6.45, 7) is 8.42. The first kappa shape index (κ1) is 22.2. The summed E-state index contributed by atoms with van der Waals surface area (Å²) in [6.07, 6.45) is 3.42. The van der Waals surface area contributed by atoms with Gasteiger partial charge in [-0.3, -0.25) is 14.7 Å². The number of aromatic nitrogens is 2. The quantitative estimate of drug-likeness (QED) is 0.643. The molecule has 1 atom stereocenters. The predicted octanol–water partition coefficient (Wildman–Crippen LogP) is 3.17. The number of pyridine rings is 2. The van der Waals surface area contributed by atoms with Gasteiger partial charge in [-0.05, 0) is 48.9 Å². The maximum atomic E-state index is 14.2. The number of halogens is 1. The number of rotatable bonds is 6. The van der Waals surface area contributed by atoms with E-state index in [-0.39, 0.29) is 22.7 Å². The monoisotopic (exact) mass is 436 g/mol. The summed E-state index contributed by atoms with van der Waals surface area (Å²) >= 11 is 0. The lowest BCUT2D eigenvalue weighted by Gasteiger charge is -2.39. The van der Waals surface area contributed by atoms with Crippen molar-refractivity contribution in [3.63, 3.8) is 0 Å². The summed E-state index contributed by atoms with van der Waals surface area (Å²) < 4.78 is 15.8. The molecule has 6 nitrogen and oxygen atoms in total. The van der Waals surface area contributed by atoms with Crippen LogP contribution in [0.2, 0.25) is 0 Å². The molecule has 0 amide bonds. The van der Waals surface area contributed by atoms with E-state index in [1.807, 2.05) is 18.2 Å². The molecule has 1 aliphatic heterocycles. The van der Waals surface area contributed by atoms with Crippen molar-refractivity contribution in [3.05, 3.63) is 93.4 Å². The van der Waals surface area contributed by atoms with Crippen LogP contribution in [0.5, 0.6) is 5.75 Å². The van der Waals surface area contributed by atoms with E-state index in [1.165, 1.54) is 12.1 Å². The van der Waals surface area contributed by atoms with E-state index in [2.05, 4.69) is 21.7 Å². The van der Waals surface area contributed by atoms with Gasteiger partial charge in [0, 0.05) is 44.3 Å². The van der Waals surface area contributed by atoms with E-state index in [0.29, 0.717) is 17.8 Å². The Morgan fingerprint density at radius 2 is 1.91 bits per heavy atom. The molecular formula is C25H29FN4O2. The van der Waals surface area contributed by atoms with Crippen molar-refractivity contribution in [2.75, 3.05) is 32.7 Å². The normalized spacial score (nSPS) is 16.2. The van der Waals surface area contributed by atoms with Crippen LogP contribution < -0.4 is 5.56 Å². The molecule has 0 unspecified atom stereocenters. The fraction of sp³-hybridized carbons (Fsp3) is 0.360. The van der Waals surface area contributed by atoms with Gasteiger partial charge >= 0.3 is 0 Å². The molecule has 4 rings (SSSR count). The number of likely N-dealkylation sites (N-methyl/N-ethyl adjacent to an activating group) is 1. The highest BCUT2D eigenvalue weighted by molar-refractivity contribution is 5.41. The molecule has 3 aromatic rings. The third kappa shape index (κ3) is 4.59. The Hall–Kier alpha value is -3.03. The number of benzene rings is 1. The standard InChI is InChI=1S/C25H29FN4O2/c1-3-28-10-12-29(13-11-28)24(20-7-4-8-21(26)15-20)23-22(31)14-18(2)30(25(23)32)17-19-6-5-9-27-16-19/h4-9,14-16,24,31H,3,10-13,17H2,1-2H3/t24-/m1/s1. The first-order chi connectivity index (χ1) is 15.5. The topological polar surface area (TPSA) is 61.6 Å². The van der Waals surface area contributed by atoms with Gasteiger partial charge in [-0.2, -0.15) is 0 Å². The van der Waals surface area contributed by atoms with Crippen molar-refractivity contribution < 1.29 is 9.50 Å². The van der Waals surface area contributed by atoms with Crippen LogP contribution >= 0.6 is 0 Å². The molecule has 0 spiro atoms. The van der Waals surface area contributed by atoms with E-state index < -0.39 is 6.04 Å². The molecule has 168 valence electrons. The van der Waals surface area contributed by atoms with Crippen molar-refractivity contribution in [2.45, 2.75) is 26.4 Å². The van der Waals surface area contributed by atoms with Crippen LogP contribution in [0.4, 0.5) is 4.39 Å². The van der Waals surface area contributed by atoms with Crippen molar-refractivity contribution in [1.29, 1.82) is 0 Å². The van der Waals surface area contributed by atoms with Crippen molar-refractivity contribution in [3.8, 4) is 5.75 Å². The fourth-order valence-corrected chi connectivity index (χ4v) is 4.47. The maximum absolute atomic E-state index is 14.2. The van der Waals surface area contributed by atoms with Crippen LogP contribution in [-0.4, -0.2) is 57.2 Å². The van der Waals surface area contributed by atoms with Gasteiger partial charge in [-0.15, -0.1) is 0 Å². The zero-order valence-electron chi connectivity index (χ0n) is 18.5. The summed E-state index contributed by atoms with van der Waals surface area (Å²) in [5.41, 5.74) is 2.25. The number of nitrogens with zero attached hydrogens (tertiary/aromatic N) is 4. The lowest BCUT2D eigenvalue weighted by atomic mass is 9.95. The Labute approximate surface area is 187 Å². The number of hydrogen-bond donors (Lipinski definition) is 1. The Morgan fingerprint density at radius 1 is 1.12 bits per heavy atom. The molecule has 0 saturated carbocycles. The van der Waals surface area contributed by atoms with Crippen molar-refractivity contribution in [1.82, 2.24) is 19.4 Å². The van der Waals surface area contributed by atoms with Gasteiger partial charge in [-0.25, -0.2) is 4.39 Å². The van der Waals surface area contributed by atoms with E-state index in [0.717, 1.165) is 38.3 Å². The Kier molecular flexibility index (Phi) is 6.67. The second-order valence-electron chi connectivity index (χ2n) is 8.26. The lowest BCUT2D eigenvalue weighted by Crippen LogP contribution is -2.48. The largest absolute Gasteiger partial charge is 0.507 e. The molecule has 1 N–H and O–H groups in total. The zero-order valence-corrected chi connectivity index (χ0v) is 18.5. The summed E-state index contributed by atoms with van der Waals surface area (Å²) in [4.78, 5) is 22.4. The van der Waals surface area contributed by atoms with Gasteiger partial charge in [0.2, 0.25) is 0 Å². The maximum Gasteiger partial charge on any atom is 0.259 e. The molecule has 1 aliphatic rings. The molecule has 1 saturated heterocycles. The third-order valence-corrected chi connectivity index (χ3v) is 6.24. The van der Waals surface area contributed by atoms with Gasteiger partial charge in [-0.1, -0.05) is 25.1 Å². The Bertz CT molecular complexity index is 1120. The molecule has 7 heteroatoms. The first-order valence-electron chi connectivity index (χ1n) is 11.0. The average molecular weight is 437 g/mol. The summed E-state index contributed by atoms with van der Waals surface area (Å²) in [5, 5.41) is 10.9. The molecular weight excluding hydrogens is 407 g/mol. The SMILES string of the molecule is CCN1CCN([C@H](c2cccc(F)c2)c2c(O)cc(C)n(Cc3cccnc3)c2=O)CC1. The number of aromatic hydroxyl groups is 1. The van der Waals surface area contributed by atoms with Crippen LogP contribution in [0.1, 0.15) is 35.3 Å². The van der Waals surface area contributed by atoms with Crippen LogP contribution in [0, 0.1) is 12.7 Å². The minimum atomic E-state index is -0.530. The van der Waals surface area contributed by atoms with E-state index in [1.54, 1.807) is 36.0 Å². The highest BCUT2D eigenvalue weighted by atomic mass is 19.1. The Morgan fingerprint density at radius 3 is 2.56 bits per heavy atom. The van der Waals surface area contributed by atoms with E-state index >= 15 is 0 Å². The fourth-order valence-electron chi connectivity index (χ4n) is 4.47. The highest BCUT2D eigenvalue weighted by Gasteiger charge is 2.31. The third-order valence-electron chi connectivity index (χ3n) is 6.24. The van der Waals surface area contributed by atoms with Crippen LogP contribution in [-0.2, 0) is 6.54 Å². The van der Waals surface area contributed by atoms with Crippen LogP contribution in [0.15, 0.2) is 59.7 Å². The van der Waals surface area contributed by atoms with Crippen molar-refractivity contribution >= 4 is 0 Å². The average Bonchev–Trinajstić information content (AvgIpc) is 2.80.